The van der Waals surface area contributed by atoms with Crippen LogP contribution in [-0.4, -0.2) is 94.6 Å². The maximum atomic E-state index is 14.4. The second-order valence-electron chi connectivity index (χ2n) is 12.3. The molecule has 0 radical (unpaired) electrons. The SMILES string of the molecule is CC(C)N(C(=O)NCc1ccc(F)cc1)N1CC(=O)N2[C@@H](Cc3ccc(-c4nn[nH]n4)cc3)C(=O)N(Cc3cccc4sc(N)nc34)C[C@@H]21. The number of anilines is 1. The first-order valence-electron chi connectivity index (χ1n) is 15.8. The van der Waals surface area contributed by atoms with Gasteiger partial charge >= 0.3 is 6.03 Å². The number of carbonyl (C=O) groups is 3. The van der Waals surface area contributed by atoms with Crippen LogP contribution in [0.3, 0.4) is 0 Å². The van der Waals surface area contributed by atoms with Gasteiger partial charge in [0.2, 0.25) is 17.6 Å². The zero-order valence-corrected chi connectivity index (χ0v) is 27.6. The number of benzene rings is 3. The van der Waals surface area contributed by atoms with E-state index in [1.165, 1.54) is 23.5 Å². The third-order valence-corrected chi connectivity index (χ3v) is 9.61. The van der Waals surface area contributed by atoms with E-state index in [1.807, 2.05) is 56.3 Å². The molecule has 0 bridgehead atoms. The Balaban J connectivity index is 1.19. The molecule has 7 rings (SSSR count). The van der Waals surface area contributed by atoms with Crippen molar-refractivity contribution in [2.24, 2.45) is 0 Å². The predicted molar refractivity (Wildman–Crippen MR) is 180 cm³/mol. The predicted octanol–water partition coefficient (Wildman–Crippen LogP) is 3.16. The second kappa shape index (κ2) is 13.2. The van der Waals surface area contributed by atoms with E-state index in [0.717, 1.165) is 32.5 Å². The highest BCUT2D eigenvalue weighted by atomic mass is 32.1. The van der Waals surface area contributed by atoms with Gasteiger partial charge in [-0.1, -0.05) is 59.9 Å². The molecule has 14 nitrogen and oxygen atoms in total. The van der Waals surface area contributed by atoms with E-state index < -0.39 is 18.2 Å². The highest BCUT2D eigenvalue weighted by Crippen LogP contribution is 2.33. The second-order valence-corrected chi connectivity index (χ2v) is 13.4. The molecule has 4 heterocycles. The molecule has 2 aliphatic rings. The Bertz CT molecular complexity index is 1990. The number of urea groups is 1. The Kier molecular flexibility index (Phi) is 8.64. The van der Waals surface area contributed by atoms with Gasteiger partial charge in [0.15, 0.2) is 5.13 Å². The summed E-state index contributed by atoms with van der Waals surface area (Å²) < 4.78 is 14.4. The Morgan fingerprint density at radius 3 is 2.57 bits per heavy atom. The van der Waals surface area contributed by atoms with Crippen molar-refractivity contribution in [3.8, 4) is 11.4 Å². The Morgan fingerprint density at radius 1 is 1.10 bits per heavy atom. The van der Waals surface area contributed by atoms with E-state index >= 15 is 0 Å². The van der Waals surface area contributed by atoms with Crippen molar-refractivity contribution in [2.45, 2.75) is 51.6 Å². The largest absolute Gasteiger partial charge is 0.375 e. The number of piperazine rings is 1. The van der Waals surface area contributed by atoms with Crippen LogP contribution in [0.25, 0.3) is 21.6 Å². The quantitative estimate of drug-likeness (QED) is 0.211. The molecule has 16 heteroatoms. The maximum absolute atomic E-state index is 14.4. The van der Waals surface area contributed by atoms with E-state index in [1.54, 1.807) is 32.0 Å². The molecule has 2 saturated heterocycles. The number of thiazole rings is 1. The number of rotatable bonds is 9. The number of nitrogens with zero attached hydrogens (tertiary/aromatic N) is 8. The van der Waals surface area contributed by atoms with Gasteiger partial charge in [-0.05, 0) is 54.0 Å². The summed E-state index contributed by atoms with van der Waals surface area (Å²) in [4.78, 5) is 49.8. The first kappa shape index (κ1) is 32.1. The minimum atomic E-state index is -0.830. The zero-order valence-electron chi connectivity index (χ0n) is 26.8. The van der Waals surface area contributed by atoms with Crippen molar-refractivity contribution in [2.75, 3.05) is 18.8 Å². The van der Waals surface area contributed by atoms with Gasteiger partial charge in [0.25, 0.3) is 0 Å². The third-order valence-electron chi connectivity index (χ3n) is 8.76. The van der Waals surface area contributed by atoms with Gasteiger partial charge in [0.05, 0.1) is 23.3 Å². The molecule has 0 saturated carbocycles. The van der Waals surface area contributed by atoms with Crippen molar-refractivity contribution < 1.29 is 18.8 Å². The number of nitrogen functional groups attached to an aromatic ring is 1. The summed E-state index contributed by atoms with van der Waals surface area (Å²) in [7, 11) is 0. The molecule has 49 heavy (non-hydrogen) atoms. The zero-order chi connectivity index (χ0) is 34.2. The van der Waals surface area contributed by atoms with E-state index in [-0.39, 0.29) is 56.3 Å². The van der Waals surface area contributed by atoms with Crippen LogP contribution in [0.5, 0.6) is 0 Å². The van der Waals surface area contributed by atoms with Gasteiger partial charge in [0, 0.05) is 31.1 Å². The minimum absolute atomic E-state index is 0.0839. The monoisotopic (exact) mass is 683 g/mol. The molecule has 0 aliphatic carbocycles. The van der Waals surface area contributed by atoms with Crippen LogP contribution in [0.1, 0.15) is 30.5 Å². The lowest BCUT2D eigenvalue weighted by Gasteiger charge is -2.47. The molecule has 0 unspecified atom stereocenters. The van der Waals surface area contributed by atoms with Crippen LogP contribution >= 0.6 is 11.3 Å². The summed E-state index contributed by atoms with van der Waals surface area (Å²) in [6, 6.07) is 17.6. The summed E-state index contributed by atoms with van der Waals surface area (Å²) in [5.41, 5.74) is 9.93. The van der Waals surface area contributed by atoms with Crippen molar-refractivity contribution in [3.63, 3.8) is 0 Å². The van der Waals surface area contributed by atoms with Crippen molar-refractivity contribution in [1.29, 1.82) is 0 Å². The van der Waals surface area contributed by atoms with Crippen LogP contribution < -0.4 is 11.1 Å². The van der Waals surface area contributed by atoms with Gasteiger partial charge in [-0.25, -0.2) is 14.2 Å². The van der Waals surface area contributed by atoms with Crippen LogP contribution in [0.15, 0.2) is 66.7 Å². The Hall–Kier alpha value is -5.48. The topological polar surface area (TPSA) is 170 Å². The van der Waals surface area contributed by atoms with Crippen LogP contribution in [0.2, 0.25) is 0 Å². The Labute approximate surface area is 284 Å². The summed E-state index contributed by atoms with van der Waals surface area (Å²) in [6.45, 7) is 4.24. The molecule has 2 fully saturated rings. The van der Waals surface area contributed by atoms with Gasteiger partial charge in [-0.15, -0.1) is 10.2 Å². The minimum Gasteiger partial charge on any atom is -0.375 e. The standard InChI is InChI=1S/C33H34FN11O3S/c1-19(2)45(33(48)36-15-21-8-12-24(34)13-9-21)43-18-28(46)44-25(14-20-6-10-22(11-7-20)30-38-40-41-39-30)31(47)42(17-27(43)44)16-23-4-3-5-26-29(23)37-32(35)49-26/h3-13,19,25,27H,14-18H2,1-2H3,(H2,35,37)(H,36,48)(H,38,39,40,41)/t25-,27+/m0/s1. The molecule has 2 aliphatic heterocycles. The summed E-state index contributed by atoms with van der Waals surface area (Å²) in [5, 5.41) is 20.8. The first-order valence-corrected chi connectivity index (χ1v) is 16.6. The van der Waals surface area contributed by atoms with Crippen molar-refractivity contribution in [1.82, 2.24) is 50.7 Å². The number of tetrazole rings is 1. The molecular weight excluding hydrogens is 650 g/mol. The molecular formula is C33H34FN11O3S. The van der Waals surface area contributed by atoms with Crippen LogP contribution in [0.4, 0.5) is 14.3 Å². The van der Waals surface area contributed by atoms with Gasteiger partial charge in [-0.2, -0.15) is 10.2 Å². The van der Waals surface area contributed by atoms with Crippen LogP contribution in [0, 0.1) is 5.82 Å². The van der Waals surface area contributed by atoms with E-state index in [2.05, 4.69) is 30.9 Å². The number of hydrazine groups is 1. The number of halogens is 1. The fourth-order valence-corrected chi connectivity index (χ4v) is 7.31. The maximum Gasteiger partial charge on any atom is 0.332 e. The molecule has 4 amide bonds. The van der Waals surface area contributed by atoms with Crippen LogP contribution in [-0.2, 0) is 29.1 Å². The van der Waals surface area contributed by atoms with Crippen molar-refractivity contribution in [3.05, 3.63) is 89.2 Å². The van der Waals surface area contributed by atoms with E-state index in [0.29, 0.717) is 11.0 Å². The molecule has 4 N–H and O–H groups in total. The molecule has 0 spiro atoms. The van der Waals surface area contributed by atoms with Gasteiger partial charge in [-0.3, -0.25) is 14.6 Å². The number of para-hydroxylation sites is 1. The molecule has 2 atom stereocenters. The number of aromatic nitrogens is 5. The molecule has 3 aromatic carbocycles. The summed E-state index contributed by atoms with van der Waals surface area (Å²) in [5.74, 6) is -0.373. The number of hydrogen-bond acceptors (Lipinski definition) is 10. The summed E-state index contributed by atoms with van der Waals surface area (Å²) >= 11 is 1.38. The summed E-state index contributed by atoms with van der Waals surface area (Å²) in [6.07, 6.45) is -0.364. The first-order chi connectivity index (χ1) is 23.7. The van der Waals surface area contributed by atoms with Gasteiger partial charge < -0.3 is 20.9 Å². The number of fused-ring (bicyclic) bond motifs is 2. The lowest BCUT2D eigenvalue weighted by atomic mass is 9.99. The highest BCUT2D eigenvalue weighted by molar-refractivity contribution is 7.22. The van der Waals surface area contributed by atoms with E-state index in [4.69, 9.17) is 5.73 Å². The number of hydrogen-bond donors (Lipinski definition) is 3. The Morgan fingerprint density at radius 2 is 1.86 bits per heavy atom. The van der Waals surface area contributed by atoms with E-state index in [9.17, 15) is 18.8 Å². The smallest absolute Gasteiger partial charge is 0.332 e. The number of amides is 4. The third kappa shape index (κ3) is 6.39. The lowest BCUT2D eigenvalue weighted by molar-refractivity contribution is -0.158. The average molecular weight is 684 g/mol. The fraction of sp³-hybridized carbons (Fsp3) is 0.303. The number of nitrogens with two attached hydrogens (primary N) is 1. The lowest BCUT2D eigenvalue weighted by Crippen LogP contribution is -2.66. The number of nitrogens with one attached hydrogen (secondary N) is 2. The number of aromatic amines is 1. The molecule has 2 aromatic heterocycles. The molecule has 252 valence electrons. The fourth-order valence-electron chi connectivity index (χ4n) is 6.53. The number of H-pyrrole nitrogens is 1. The normalized spacial score (nSPS) is 18.0. The van der Waals surface area contributed by atoms with Crippen molar-refractivity contribution >= 4 is 44.5 Å². The molecule has 5 aromatic rings. The highest BCUT2D eigenvalue weighted by Gasteiger charge is 2.52. The average Bonchev–Trinajstić information content (AvgIpc) is 3.83. The van der Waals surface area contributed by atoms with Gasteiger partial charge in [0.1, 0.15) is 18.0 Å². The number of carbonyl (C=O) groups excluding carboxylic acids is 3.